The van der Waals surface area contributed by atoms with Gasteiger partial charge in [-0.1, -0.05) is 50.7 Å². The Kier molecular flexibility index (Phi) is 7.92. The maximum Gasteiger partial charge on any atom is 0.416 e. The molecule has 1 amide bonds. The van der Waals surface area contributed by atoms with Gasteiger partial charge in [-0.3, -0.25) is 4.79 Å². The van der Waals surface area contributed by atoms with Crippen molar-refractivity contribution in [2.45, 2.75) is 46.0 Å². The van der Waals surface area contributed by atoms with Crippen LogP contribution in [0.5, 0.6) is 5.75 Å². The Bertz CT molecular complexity index is 1190. The minimum absolute atomic E-state index is 0. The van der Waals surface area contributed by atoms with Crippen LogP contribution in [0.4, 0.5) is 17.6 Å². The first kappa shape index (κ1) is 26.6. The van der Waals surface area contributed by atoms with Crippen molar-refractivity contribution in [3.05, 3.63) is 77.1 Å². The van der Waals surface area contributed by atoms with Crippen molar-refractivity contribution in [2.24, 2.45) is 0 Å². The lowest BCUT2D eigenvalue weighted by Crippen LogP contribution is -2.51. The van der Waals surface area contributed by atoms with Gasteiger partial charge in [-0.2, -0.15) is 13.2 Å². The molecule has 0 aromatic heterocycles. The second-order valence-corrected chi connectivity index (χ2v) is 7.71. The van der Waals surface area contributed by atoms with Crippen LogP contribution in [0.2, 0.25) is 0 Å². The maximum absolute atomic E-state index is 14.7. The smallest absolute Gasteiger partial charge is 0.416 e. The number of benzene rings is 3. The van der Waals surface area contributed by atoms with Crippen LogP contribution in [0, 0.1) is 5.82 Å². The fourth-order valence-corrected chi connectivity index (χ4v) is 3.19. The molecule has 0 fully saturated rings. The molecule has 5 nitrogen and oxygen atoms in total. The first-order valence-corrected chi connectivity index (χ1v) is 10.0. The van der Waals surface area contributed by atoms with E-state index in [1.54, 1.807) is 19.1 Å². The summed E-state index contributed by atoms with van der Waals surface area (Å²) in [5.41, 5.74) is -2.24. The number of rotatable bonds is 7. The molecule has 3 rings (SSSR count). The molecule has 0 saturated heterocycles. The highest BCUT2D eigenvalue weighted by Gasteiger charge is 2.34. The van der Waals surface area contributed by atoms with Crippen LogP contribution in [0.15, 0.2) is 54.6 Å². The lowest BCUT2D eigenvalue weighted by Gasteiger charge is -2.25. The number of carboxylic acid groups (broad SMARTS) is 1. The van der Waals surface area contributed by atoms with Gasteiger partial charge in [0, 0.05) is 10.8 Å². The third-order valence-electron chi connectivity index (χ3n) is 5.42. The molecule has 0 aliphatic heterocycles. The minimum atomic E-state index is -4.48. The molecule has 34 heavy (non-hydrogen) atoms. The number of alkyl halides is 3. The van der Waals surface area contributed by atoms with Gasteiger partial charge in [0.1, 0.15) is 23.7 Å². The molecule has 0 unspecified atom stereocenters. The second-order valence-electron chi connectivity index (χ2n) is 7.71. The third-order valence-corrected chi connectivity index (χ3v) is 5.42. The molecule has 1 atom stereocenters. The van der Waals surface area contributed by atoms with Gasteiger partial charge in [0.05, 0.1) is 11.1 Å². The molecule has 2 N–H and O–H groups in total. The molecule has 0 saturated carbocycles. The second kappa shape index (κ2) is 10.1. The standard InChI is InChI=1S/C24H21F4NO4.CH4/c1-3-23(2,22(31)32)29-21(30)18-12-19(25)16-6-4-5-7-17(16)20(18)33-13-14-8-10-15(11-9-14)24(26,27)28;/h4-12H,3,13H2,1-2H3,(H,29,30)(H,31,32);1H4/t23-;/m1./s1. The van der Waals surface area contributed by atoms with Gasteiger partial charge in [0.25, 0.3) is 5.91 Å². The molecule has 0 heterocycles. The van der Waals surface area contributed by atoms with Crippen LogP contribution < -0.4 is 10.1 Å². The van der Waals surface area contributed by atoms with Gasteiger partial charge < -0.3 is 15.2 Å². The third kappa shape index (κ3) is 5.47. The predicted molar refractivity (Wildman–Crippen MR) is 120 cm³/mol. The molecule has 3 aromatic rings. The number of carboxylic acids is 1. The lowest BCUT2D eigenvalue weighted by molar-refractivity contribution is -0.144. The fourth-order valence-electron chi connectivity index (χ4n) is 3.19. The maximum atomic E-state index is 14.7. The first-order chi connectivity index (χ1) is 15.5. The zero-order valence-corrected chi connectivity index (χ0v) is 17.8. The topological polar surface area (TPSA) is 75.6 Å². The van der Waals surface area contributed by atoms with Gasteiger partial charge in [0.15, 0.2) is 0 Å². The van der Waals surface area contributed by atoms with E-state index < -0.39 is 35.0 Å². The normalized spacial score (nSPS) is 13.0. The summed E-state index contributed by atoms with van der Waals surface area (Å²) in [6.45, 7) is 2.71. The van der Waals surface area contributed by atoms with Crippen LogP contribution in [-0.2, 0) is 17.6 Å². The summed E-state index contributed by atoms with van der Waals surface area (Å²) >= 11 is 0. The van der Waals surface area contributed by atoms with E-state index in [1.807, 2.05) is 0 Å². The van der Waals surface area contributed by atoms with Crippen molar-refractivity contribution in [1.82, 2.24) is 5.32 Å². The number of fused-ring (bicyclic) bond motifs is 1. The van der Waals surface area contributed by atoms with E-state index in [-0.39, 0.29) is 42.5 Å². The lowest BCUT2D eigenvalue weighted by atomic mass is 9.97. The van der Waals surface area contributed by atoms with Crippen molar-refractivity contribution < 1.29 is 37.0 Å². The van der Waals surface area contributed by atoms with E-state index in [2.05, 4.69) is 5.32 Å². The van der Waals surface area contributed by atoms with E-state index in [4.69, 9.17) is 4.74 Å². The highest BCUT2D eigenvalue weighted by molar-refractivity contribution is 6.05. The average Bonchev–Trinajstić information content (AvgIpc) is 2.77. The molecule has 0 spiro atoms. The number of carbonyl (C=O) groups is 2. The fraction of sp³-hybridized carbons (Fsp3) is 0.280. The number of carbonyl (C=O) groups excluding carboxylic acids is 1. The number of amides is 1. The van der Waals surface area contributed by atoms with E-state index >= 15 is 0 Å². The molecule has 182 valence electrons. The van der Waals surface area contributed by atoms with Gasteiger partial charge in [-0.25, -0.2) is 9.18 Å². The summed E-state index contributed by atoms with van der Waals surface area (Å²) < 4.78 is 58.9. The van der Waals surface area contributed by atoms with Gasteiger partial charge in [0.2, 0.25) is 0 Å². The molecule has 9 heteroatoms. The monoisotopic (exact) mass is 479 g/mol. The van der Waals surface area contributed by atoms with Crippen molar-refractivity contribution in [1.29, 1.82) is 0 Å². The van der Waals surface area contributed by atoms with Gasteiger partial charge >= 0.3 is 12.1 Å². The van der Waals surface area contributed by atoms with E-state index in [0.29, 0.717) is 5.56 Å². The van der Waals surface area contributed by atoms with Crippen LogP contribution in [0.1, 0.15) is 49.2 Å². The summed E-state index contributed by atoms with van der Waals surface area (Å²) in [7, 11) is 0. The van der Waals surface area contributed by atoms with E-state index in [9.17, 15) is 32.3 Å². The van der Waals surface area contributed by atoms with Gasteiger partial charge in [-0.05, 0) is 37.1 Å². The minimum Gasteiger partial charge on any atom is -0.487 e. The van der Waals surface area contributed by atoms with Crippen LogP contribution >= 0.6 is 0 Å². The zero-order valence-electron chi connectivity index (χ0n) is 17.8. The van der Waals surface area contributed by atoms with Crippen LogP contribution in [0.25, 0.3) is 10.8 Å². The van der Waals surface area contributed by atoms with Crippen LogP contribution in [0.3, 0.4) is 0 Å². The Hall–Kier alpha value is -3.62. The summed E-state index contributed by atoms with van der Waals surface area (Å²) in [5.74, 6) is -2.82. The molecule has 3 aromatic carbocycles. The molecule has 0 aliphatic carbocycles. The Labute approximate surface area is 194 Å². The largest absolute Gasteiger partial charge is 0.487 e. The number of nitrogens with one attached hydrogen (secondary N) is 1. The summed E-state index contributed by atoms with van der Waals surface area (Å²) in [4.78, 5) is 24.6. The zero-order chi connectivity index (χ0) is 24.4. The molecule has 0 aliphatic rings. The number of halogens is 4. The molecule has 0 bridgehead atoms. The van der Waals surface area contributed by atoms with Gasteiger partial charge in [-0.15, -0.1) is 0 Å². The van der Waals surface area contributed by atoms with E-state index in [0.717, 1.165) is 18.2 Å². The van der Waals surface area contributed by atoms with Crippen molar-refractivity contribution in [3.63, 3.8) is 0 Å². The quantitative estimate of drug-likeness (QED) is 0.396. The number of hydrogen-bond donors (Lipinski definition) is 2. The first-order valence-electron chi connectivity index (χ1n) is 10.0. The SMILES string of the molecule is C.CC[C@@](C)(NC(=O)c1cc(F)c2ccccc2c1OCc1ccc(C(F)(F)F)cc1)C(=O)O. The summed E-state index contributed by atoms with van der Waals surface area (Å²) in [6, 6.07) is 11.5. The highest BCUT2D eigenvalue weighted by atomic mass is 19.4. The Morgan fingerprint density at radius 2 is 1.62 bits per heavy atom. The molecule has 0 radical (unpaired) electrons. The van der Waals surface area contributed by atoms with Crippen molar-refractivity contribution in [3.8, 4) is 5.75 Å². The molecular weight excluding hydrogens is 454 g/mol. The van der Waals surface area contributed by atoms with E-state index in [1.165, 1.54) is 31.2 Å². The Balaban J connectivity index is 0.00000408. The Morgan fingerprint density at radius 3 is 2.15 bits per heavy atom. The number of ether oxygens (including phenoxy) is 1. The average molecular weight is 479 g/mol. The summed E-state index contributed by atoms with van der Waals surface area (Å²) in [6.07, 6.45) is -4.40. The van der Waals surface area contributed by atoms with Crippen molar-refractivity contribution in [2.75, 3.05) is 0 Å². The molecular formula is C25H25F4NO4. The number of aliphatic carboxylic acids is 1. The highest BCUT2D eigenvalue weighted by Crippen LogP contribution is 2.34. The number of hydrogen-bond acceptors (Lipinski definition) is 3. The predicted octanol–water partition coefficient (Wildman–Crippen LogP) is 6.20. The van der Waals surface area contributed by atoms with Crippen molar-refractivity contribution >= 4 is 22.6 Å². The van der Waals surface area contributed by atoms with Crippen LogP contribution in [-0.4, -0.2) is 22.5 Å². The Morgan fingerprint density at radius 1 is 1.03 bits per heavy atom. The summed E-state index contributed by atoms with van der Waals surface area (Å²) in [5, 5.41) is 12.3.